The fourth-order valence-electron chi connectivity index (χ4n) is 3.52. The summed E-state index contributed by atoms with van der Waals surface area (Å²) in [5.74, 6) is 1.07. The smallest absolute Gasteiger partial charge is 0.191 e. The van der Waals surface area contributed by atoms with Crippen LogP contribution in [-0.4, -0.2) is 64.5 Å². The number of ether oxygens (including phenoxy) is 1. The van der Waals surface area contributed by atoms with E-state index in [1.54, 1.807) is 16.8 Å². The third-order valence-corrected chi connectivity index (χ3v) is 5.37. The molecule has 2 aromatic rings. The van der Waals surface area contributed by atoms with Crippen molar-refractivity contribution in [2.75, 3.05) is 32.8 Å². The molecule has 10 heteroatoms. The molecular weight excluding hydrogens is 409 g/mol. The van der Waals surface area contributed by atoms with Crippen LogP contribution in [0.1, 0.15) is 31.3 Å². The van der Waals surface area contributed by atoms with Crippen LogP contribution in [0.5, 0.6) is 0 Å². The van der Waals surface area contributed by atoms with Crippen LogP contribution in [0.25, 0.3) is 0 Å². The number of benzene rings is 1. The zero-order valence-electron chi connectivity index (χ0n) is 17.6. The first-order valence-corrected chi connectivity index (χ1v) is 10.5. The standard InChI is InChI=1S/C20H29ClFN7O/c1-4-23-20(25-11-18-26-13-27-28(18)3)24-10-17(29-8-9-30-14(2)12-29)19-15(21)6-5-7-16(19)22/h5-7,13-14,17H,4,8-12H2,1-3H3,(H2,23,24,25). The monoisotopic (exact) mass is 437 g/mol. The zero-order chi connectivity index (χ0) is 21.5. The van der Waals surface area contributed by atoms with Gasteiger partial charge in [0, 0.05) is 43.8 Å². The Labute approximate surface area is 181 Å². The van der Waals surface area contributed by atoms with Crippen LogP contribution in [-0.2, 0) is 18.3 Å². The Morgan fingerprint density at radius 2 is 2.27 bits per heavy atom. The largest absolute Gasteiger partial charge is 0.376 e. The maximum atomic E-state index is 14.8. The van der Waals surface area contributed by atoms with Gasteiger partial charge in [-0.1, -0.05) is 17.7 Å². The molecule has 2 unspecified atom stereocenters. The van der Waals surface area contributed by atoms with E-state index in [0.29, 0.717) is 55.9 Å². The average molecular weight is 438 g/mol. The van der Waals surface area contributed by atoms with Crippen molar-refractivity contribution in [1.29, 1.82) is 0 Å². The fourth-order valence-corrected chi connectivity index (χ4v) is 3.81. The summed E-state index contributed by atoms with van der Waals surface area (Å²) in [6.07, 6.45) is 1.57. The molecule has 2 atom stereocenters. The minimum absolute atomic E-state index is 0.0737. The van der Waals surface area contributed by atoms with Crippen molar-refractivity contribution in [3.63, 3.8) is 0 Å². The summed E-state index contributed by atoms with van der Waals surface area (Å²) in [5, 5.41) is 11.0. The number of aryl methyl sites for hydroxylation is 1. The number of guanidine groups is 1. The predicted octanol–water partition coefficient (Wildman–Crippen LogP) is 2.12. The van der Waals surface area contributed by atoms with Gasteiger partial charge in [0.25, 0.3) is 0 Å². The van der Waals surface area contributed by atoms with Gasteiger partial charge in [-0.25, -0.2) is 14.4 Å². The number of nitrogens with zero attached hydrogens (tertiary/aromatic N) is 5. The number of rotatable bonds is 7. The van der Waals surface area contributed by atoms with Gasteiger partial charge in [-0.2, -0.15) is 5.10 Å². The van der Waals surface area contributed by atoms with Crippen LogP contribution in [0.4, 0.5) is 4.39 Å². The normalized spacial score (nSPS) is 19.0. The van der Waals surface area contributed by atoms with E-state index in [1.165, 1.54) is 12.4 Å². The van der Waals surface area contributed by atoms with E-state index in [1.807, 2.05) is 20.9 Å². The molecule has 1 saturated heterocycles. The zero-order valence-corrected chi connectivity index (χ0v) is 18.4. The highest BCUT2D eigenvalue weighted by Crippen LogP contribution is 2.31. The van der Waals surface area contributed by atoms with Gasteiger partial charge in [0.1, 0.15) is 24.5 Å². The summed E-state index contributed by atoms with van der Waals surface area (Å²) < 4.78 is 22.1. The summed E-state index contributed by atoms with van der Waals surface area (Å²) in [6, 6.07) is 4.54. The minimum atomic E-state index is -0.311. The van der Waals surface area contributed by atoms with Crippen LogP contribution in [0, 0.1) is 5.82 Å². The molecule has 2 heterocycles. The maximum Gasteiger partial charge on any atom is 0.191 e. The van der Waals surface area contributed by atoms with Gasteiger partial charge < -0.3 is 15.4 Å². The Bertz CT molecular complexity index is 839. The van der Waals surface area contributed by atoms with Crippen LogP contribution in [0.3, 0.4) is 0 Å². The van der Waals surface area contributed by atoms with Gasteiger partial charge in [-0.15, -0.1) is 0 Å². The maximum absolute atomic E-state index is 14.8. The lowest BCUT2D eigenvalue weighted by Gasteiger charge is -2.38. The lowest BCUT2D eigenvalue weighted by Crippen LogP contribution is -2.48. The van der Waals surface area contributed by atoms with Crippen molar-refractivity contribution in [3.05, 3.63) is 46.8 Å². The van der Waals surface area contributed by atoms with E-state index in [9.17, 15) is 4.39 Å². The second kappa shape index (κ2) is 10.7. The molecule has 30 heavy (non-hydrogen) atoms. The number of nitrogens with one attached hydrogen (secondary N) is 2. The van der Waals surface area contributed by atoms with Gasteiger partial charge >= 0.3 is 0 Å². The molecule has 0 radical (unpaired) electrons. The van der Waals surface area contributed by atoms with Crippen LogP contribution in [0.2, 0.25) is 5.02 Å². The lowest BCUT2D eigenvalue weighted by atomic mass is 10.0. The number of aromatic nitrogens is 3. The first-order valence-electron chi connectivity index (χ1n) is 10.1. The fraction of sp³-hybridized carbons (Fsp3) is 0.550. The van der Waals surface area contributed by atoms with E-state index in [2.05, 4.69) is 30.6 Å². The molecule has 1 aliphatic rings. The van der Waals surface area contributed by atoms with Gasteiger partial charge in [-0.05, 0) is 26.0 Å². The molecule has 0 amide bonds. The van der Waals surface area contributed by atoms with Crippen molar-refractivity contribution in [3.8, 4) is 0 Å². The molecule has 0 spiro atoms. The molecule has 3 rings (SSSR count). The summed E-state index contributed by atoms with van der Waals surface area (Å²) in [5.41, 5.74) is 0.491. The second-order valence-electron chi connectivity index (χ2n) is 7.20. The van der Waals surface area contributed by atoms with Crippen molar-refractivity contribution in [2.45, 2.75) is 32.5 Å². The van der Waals surface area contributed by atoms with Crippen molar-refractivity contribution in [2.24, 2.45) is 12.0 Å². The Morgan fingerprint density at radius 3 is 2.93 bits per heavy atom. The molecule has 0 aliphatic carbocycles. The Balaban J connectivity index is 1.79. The number of morpholine rings is 1. The highest BCUT2D eigenvalue weighted by molar-refractivity contribution is 6.31. The predicted molar refractivity (Wildman–Crippen MR) is 115 cm³/mol. The molecular formula is C20H29ClFN7O. The van der Waals surface area contributed by atoms with Crippen LogP contribution >= 0.6 is 11.6 Å². The molecule has 8 nitrogen and oxygen atoms in total. The number of halogens is 2. The summed E-state index contributed by atoms with van der Waals surface area (Å²) in [6.45, 7) is 7.54. The van der Waals surface area contributed by atoms with Gasteiger partial charge in [0.15, 0.2) is 5.96 Å². The Hall–Kier alpha value is -2.23. The van der Waals surface area contributed by atoms with E-state index in [4.69, 9.17) is 16.3 Å². The first-order chi connectivity index (χ1) is 14.5. The third-order valence-electron chi connectivity index (χ3n) is 5.04. The quantitative estimate of drug-likeness (QED) is 0.510. The van der Waals surface area contributed by atoms with Crippen molar-refractivity contribution >= 4 is 17.6 Å². The van der Waals surface area contributed by atoms with Gasteiger partial charge in [0.2, 0.25) is 0 Å². The first kappa shape index (κ1) is 22.5. The third kappa shape index (κ3) is 5.68. The molecule has 1 aliphatic heterocycles. The number of aliphatic imine (C=N–C) groups is 1. The highest BCUT2D eigenvalue weighted by atomic mass is 35.5. The van der Waals surface area contributed by atoms with E-state index < -0.39 is 0 Å². The second-order valence-corrected chi connectivity index (χ2v) is 7.61. The van der Waals surface area contributed by atoms with E-state index in [0.717, 1.165) is 5.82 Å². The molecule has 164 valence electrons. The van der Waals surface area contributed by atoms with Gasteiger partial charge in [0.05, 0.1) is 18.8 Å². The van der Waals surface area contributed by atoms with Crippen LogP contribution in [0.15, 0.2) is 29.5 Å². The summed E-state index contributed by atoms with van der Waals surface area (Å²) in [4.78, 5) is 11.0. The highest BCUT2D eigenvalue weighted by Gasteiger charge is 2.29. The Kier molecular flexibility index (Phi) is 8.01. The summed E-state index contributed by atoms with van der Waals surface area (Å²) >= 11 is 6.41. The van der Waals surface area contributed by atoms with Crippen LogP contribution < -0.4 is 10.6 Å². The van der Waals surface area contributed by atoms with Crippen molar-refractivity contribution in [1.82, 2.24) is 30.3 Å². The van der Waals surface area contributed by atoms with Crippen molar-refractivity contribution < 1.29 is 9.13 Å². The summed E-state index contributed by atoms with van der Waals surface area (Å²) in [7, 11) is 1.83. The molecule has 1 aromatic carbocycles. The van der Waals surface area contributed by atoms with Gasteiger partial charge in [-0.3, -0.25) is 9.58 Å². The van der Waals surface area contributed by atoms with E-state index in [-0.39, 0.29) is 18.0 Å². The lowest BCUT2D eigenvalue weighted by molar-refractivity contribution is -0.0343. The molecule has 0 saturated carbocycles. The molecule has 2 N–H and O–H groups in total. The average Bonchev–Trinajstić information content (AvgIpc) is 3.13. The minimum Gasteiger partial charge on any atom is -0.376 e. The SMILES string of the molecule is CCNC(=NCc1ncnn1C)NCC(c1c(F)cccc1Cl)N1CCOC(C)C1. The number of hydrogen-bond acceptors (Lipinski definition) is 5. The molecule has 1 aromatic heterocycles. The molecule has 1 fully saturated rings. The van der Waals surface area contributed by atoms with E-state index >= 15 is 0 Å². The molecule has 0 bridgehead atoms. The Morgan fingerprint density at radius 1 is 1.43 bits per heavy atom. The topological polar surface area (TPSA) is 79.6 Å². The number of hydrogen-bond donors (Lipinski definition) is 2.